The normalized spacial score (nSPS) is 12.1. The van der Waals surface area contributed by atoms with Crippen LogP contribution in [0.1, 0.15) is 44.1 Å². The summed E-state index contributed by atoms with van der Waals surface area (Å²) in [5, 5.41) is 3.06. The molecule has 0 aliphatic rings. The van der Waals surface area contributed by atoms with Gasteiger partial charge < -0.3 is 14.6 Å². The van der Waals surface area contributed by atoms with Gasteiger partial charge in [-0.15, -0.1) is 0 Å². The number of rotatable bonds is 7. The van der Waals surface area contributed by atoms with Gasteiger partial charge in [-0.2, -0.15) is 0 Å². The van der Waals surface area contributed by atoms with Crippen LogP contribution >= 0.6 is 0 Å². The van der Waals surface area contributed by atoms with Crippen LogP contribution in [0.15, 0.2) is 48.5 Å². The molecule has 5 heteroatoms. The van der Waals surface area contributed by atoms with E-state index in [2.05, 4.69) is 28.1 Å². The molecular weight excluding hydrogens is 326 g/mol. The zero-order chi connectivity index (χ0) is 18.5. The van der Waals surface area contributed by atoms with Crippen molar-refractivity contribution in [3.8, 4) is 5.75 Å². The minimum Gasteiger partial charge on any atom is -0.497 e. The maximum absolute atomic E-state index is 12.0. The van der Waals surface area contributed by atoms with E-state index < -0.39 is 0 Å². The van der Waals surface area contributed by atoms with Crippen LogP contribution in [0.3, 0.4) is 0 Å². The number of para-hydroxylation sites is 2. The van der Waals surface area contributed by atoms with Crippen molar-refractivity contribution in [2.75, 3.05) is 7.11 Å². The maximum atomic E-state index is 12.0. The molecule has 1 heterocycles. The Morgan fingerprint density at radius 1 is 1.19 bits per heavy atom. The first-order chi connectivity index (χ1) is 12.6. The number of amides is 1. The molecule has 3 aromatic rings. The fraction of sp³-hybridized carbons (Fsp3) is 0.333. The van der Waals surface area contributed by atoms with Crippen LogP contribution in [0, 0.1) is 0 Å². The Morgan fingerprint density at radius 3 is 2.62 bits per heavy atom. The molecule has 1 unspecified atom stereocenters. The molecule has 1 atom stereocenters. The highest BCUT2D eigenvalue weighted by atomic mass is 16.5. The number of ether oxygens (including phenoxy) is 1. The zero-order valence-electron chi connectivity index (χ0n) is 15.5. The molecule has 0 radical (unpaired) electrons. The Bertz CT molecular complexity index is 884. The lowest BCUT2D eigenvalue weighted by molar-refractivity contribution is -0.121. The predicted molar refractivity (Wildman–Crippen MR) is 103 cm³/mol. The molecule has 26 heavy (non-hydrogen) atoms. The molecule has 0 spiro atoms. The van der Waals surface area contributed by atoms with Crippen LogP contribution in [0.2, 0.25) is 0 Å². The van der Waals surface area contributed by atoms with E-state index >= 15 is 0 Å². The third kappa shape index (κ3) is 3.87. The van der Waals surface area contributed by atoms with E-state index in [0.717, 1.165) is 34.6 Å². The molecule has 0 saturated heterocycles. The largest absolute Gasteiger partial charge is 0.497 e. The minimum absolute atomic E-state index is 0.0584. The van der Waals surface area contributed by atoms with Gasteiger partial charge in [-0.05, 0) is 43.2 Å². The van der Waals surface area contributed by atoms with Crippen LogP contribution < -0.4 is 10.1 Å². The summed E-state index contributed by atoms with van der Waals surface area (Å²) < 4.78 is 7.41. The first-order valence-electron chi connectivity index (χ1n) is 8.99. The Morgan fingerprint density at radius 2 is 1.92 bits per heavy atom. The second-order valence-electron chi connectivity index (χ2n) is 6.43. The first kappa shape index (κ1) is 18.0. The third-order valence-corrected chi connectivity index (χ3v) is 4.43. The summed E-state index contributed by atoms with van der Waals surface area (Å²) in [7, 11) is 1.66. The second kappa shape index (κ2) is 8.04. The summed E-state index contributed by atoms with van der Waals surface area (Å²) in [6.45, 7) is 4.68. The van der Waals surface area contributed by atoms with Crippen LogP contribution in [0.25, 0.3) is 11.0 Å². The van der Waals surface area contributed by atoms with Crippen molar-refractivity contribution >= 4 is 16.9 Å². The van der Waals surface area contributed by atoms with Gasteiger partial charge in [0.1, 0.15) is 11.6 Å². The van der Waals surface area contributed by atoms with Gasteiger partial charge in [-0.25, -0.2) is 4.98 Å². The lowest BCUT2D eigenvalue weighted by Crippen LogP contribution is -2.28. The van der Waals surface area contributed by atoms with Crippen LogP contribution in [0.4, 0.5) is 0 Å². The lowest BCUT2D eigenvalue weighted by Gasteiger charge is -2.16. The molecule has 0 aliphatic carbocycles. The lowest BCUT2D eigenvalue weighted by atomic mass is 10.2. The number of nitrogens with one attached hydrogen (secondary N) is 1. The fourth-order valence-corrected chi connectivity index (χ4v) is 3.11. The number of fused-ring (bicyclic) bond motifs is 1. The summed E-state index contributed by atoms with van der Waals surface area (Å²) >= 11 is 0. The quantitative estimate of drug-likeness (QED) is 0.698. The number of nitrogens with zero attached hydrogens (tertiary/aromatic N) is 2. The number of carbonyl (C=O) groups excluding carboxylic acids is 1. The molecule has 0 saturated carbocycles. The van der Waals surface area contributed by atoms with Gasteiger partial charge in [0, 0.05) is 13.0 Å². The van der Waals surface area contributed by atoms with Gasteiger partial charge in [0.2, 0.25) is 5.91 Å². The average molecular weight is 351 g/mol. The summed E-state index contributed by atoms with van der Waals surface area (Å²) in [4.78, 5) is 16.8. The Kier molecular flexibility index (Phi) is 5.56. The van der Waals surface area contributed by atoms with Gasteiger partial charge in [-0.1, -0.05) is 31.2 Å². The number of hydrogen-bond donors (Lipinski definition) is 1. The van der Waals surface area contributed by atoms with Crippen LogP contribution in [0.5, 0.6) is 5.75 Å². The van der Waals surface area contributed by atoms with Crippen molar-refractivity contribution in [1.29, 1.82) is 0 Å². The third-order valence-electron chi connectivity index (χ3n) is 4.43. The highest BCUT2D eigenvalue weighted by Crippen LogP contribution is 2.23. The Hall–Kier alpha value is -2.82. The second-order valence-corrected chi connectivity index (χ2v) is 6.43. The van der Waals surface area contributed by atoms with E-state index in [1.807, 2.05) is 44.2 Å². The number of carbonyl (C=O) groups is 1. The highest BCUT2D eigenvalue weighted by molar-refractivity contribution is 5.78. The van der Waals surface area contributed by atoms with Crippen LogP contribution in [-0.4, -0.2) is 22.6 Å². The van der Waals surface area contributed by atoms with Gasteiger partial charge in [0.15, 0.2) is 0 Å². The highest BCUT2D eigenvalue weighted by Gasteiger charge is 2.18. The SMILES string of the molecule is CCCC(=O)NC(C)c1nc2ccccc2n1Cc1ccc(OC)cc1. The van der Waals surface area contributed by atoms with E-state index in [1.54, 1.807) is 7.11 Å². The van der Waals surface area contributed by atoms with Gasteiger partial charge >= 0.3 is 0 Å². The monoisotopic (exact) mass is 351 g/mol. The molecular formula is C21H25N3O2. The van der Waals surface area contributed by atoms with Crippen molar-refractivity contribution in [3.63, 3.8) is 0 Å². The van der Waals surface area contributed by atoms with Crippen molar-refractivity contribution in [2.24, 2.45) is 0 Å². The predicted octanol–water partition coefficient (Wildman–Crippen LogP) is 4.07. The fourth-order valence-electron chi connectivity index (χ4n) is 3.11. The molecule has 0 fully saturated rings. The molecule has 2 aromatic carbocycles. The number of aromatic nitrogens is 2. The molecule has 136 valence electrons. The van der Waals surface area contributed by atoms with Crippen LogP contribution in [-0.2, 0) is 11.3 Å². The van der Waals surface area contributed by atoms with E-state index in [1.165, 1.54) is 0 Å². The molecule has 1 aromatic heterocycles. The van der Waals surface area contributed by atoms with Crippen molar-refractivity contribution < 1.29 is 9.53 Å². The van der Waals surface area contributed by atoms with E-state index in [-0.39, 0.29) is 11.9 Å². The van der Waals surface area contributed by atoms with Gasteiger partial charge in [0.25, 0.3) is 0 Å². The Balaban J connectivity index is 1.94. The van der Waals surface area contributed by atoms with Gasteiger partial charge in [-0.3, -0.25) is 4.79 Å². The molecule has 1 N–H and O–H groups in total. The first-order valence-corrected chi connectivity index (χ1v) is 8.99. The average Bonchev–Trinajstić information content (AvgIpc) is 3.01. The topological polar surface area (TPSA) is 56.2 Å². The van der Waals surface area contributed by atoms with Crippen molar-refractivity contribution in [3.05, 3.63) is 59.9 Å². The molecule has 0 aliphatic heterocycles. The van der Waals surface area contributed by atoms with Crippen molar-refractivity contribution in [2.45, 2.75) is 39.3 Å². The van der Waals surface area contributed by atoms with E-state index in [0.29, 0.717) is 13.0 Å². The Labute approximate surface area is 154 Å². The number of hydrogen-bond acceptors (Lipinski definition) is 3. The van der Waals surface area contributed by atoms with Gasteiger partial charge in [0.05, 0.1) is 24.2 Å². The zero-order valence-corrected chi connectivity index (χ0v) is 15.5. The number of benzene rings is 2. The summed E-state index contributed by atoms with van der Waals surface area (Å²) in [5.74, 6) is 1.76. The smallest absolute Gasteiger partial charge is 0.220 e. The van der Waals surface area contributed by atoms with E-state index in [4.69, 9.17) is 9.72 Å². The molecule has 0 bridgehead atoms. The summed E-state index contributed by atoms with van der Waals surface area (Å²) in [6, 6.07) is 15.9. The molecule has 3 rings (SSSR count). The number of methoxy groups -OCH3 is 1. The summed E-state index contributed by atoms with van der Waals surface area (Å²) in [6.07, 6.45) is 1.36. The minimum atomic E-state index is -0.153. The standard InChI is InChI=1S/C21H25N3O2/c1-4-7-20(25)22-15(2)21-23-18-8-5-6-9-19(18)24(21)14-16-10-12-17(26-3)13-11-16/h5-6,8-13,15H,4,7,14H2,1-3H3,(H,22,25). The maximum Gasteiger partial charge on any atom is 0.220 e. The summed E-state index contributed by atoms with van der Waals surface area (Å²) in [5.41, 5.74) is 3.16. The van der Waals surface area contributed by atoms with Crippen molar-refractivity contribution in [1.82, 2.24) is 14.9 Å². The molecule has 1 amide bonds. The van der Waals surface area contributed by atoms with E-state index in [9.17, 15) is 4.79 Å². The number of imidazole rings is 1. The molecule has 5 nitrogen and oxygen atoms in total.